The Balaban J connectivity index is 0.00000320. The van der Waals surface area contributed by atoms with Gasteiger partial charge in [-0.1, -0.05) is 18.9 Å². The minimum Gasteiger partial charge on any atom is -0.462 e. The highest BCUT2D eigenvalue weighted by Crippen LogP contribution is 2.28. The van der Waals surface area contributed by atoms with Gasteiger partial charge in [0.25, 0.3) is 0 Å². The van der Waals surface area contributed by atoms with E-state index in [0.29, 0.717) is 29.3 Å². The molecule has 8 nitrogen and oxygen atoms in total. The third-order valence-electron chi connectivity index (χ3n) is 6.39. The fourth-order valence-corrected chi connectivity index (χ4v) is 4.49. The molecule has 1 aliphatic heterocycles. The van der Waals surface area contributed by atoms with E-state index in [2.05, 4.69) is 30.3 Å². The van der Waals surface area contributed by atoms with Gasteiger partial charge in [-0.05, 0) is 45.0 Å². The second kappa shape index (κ2) is 10.9. The highest BCUT2D eigenvalue weighted by molar-refractivity contribution is 5.75. The lowest BCUT2D eigenvalue weighted by Gasteiger charge is -2.20. The number of ether oxygens (including phenoxy) is 1. The number of nitrogens with one attached hydrogen (secondary N) is 1. The average Bonchev–Trinajstić information content (AvgIpc) is 3.12. The van der Waals surface area contributed by atoms with E-state index in [-0.39, 0.29) is 7.44 Å². The van der Waals surface area contributed by atoms with Gasteiger partial charge in [-0.3, -0.25) is 4.90 Å². The summed E-state index contributed by atoms with van der Waals surface area (Å²) in [5, 5.41) is 7.56. The number of hydrogen-bond acceptors (Lipinski definition) is 7. The van der Waals surface area contributed by atoms with Gasteiger partial charge >= 0.3 is 6.01 Å². The molecular formula is C26H31F2N7O. The third-order valence-corrected chi connectivity index (χ3v) is 6.39. The lowest BCUT2D eigenvalue weighted by atomic mass is 10.1. The van der Waals surface area contributed by atoms with Crippen LogP contribution in [-0.4, -0.2) is 55.7 Å². The molecule has 4 heterocycles. The maximum absolute atomic E-state index is 14.4. The predicted molar refractivity (Wildman–Crippen MR) is 135 cm³/mol. The summed E-state index contributed by atoms with van der Waals surface area (Å²) in [4.78, 5) is 16.0. The number of anilines is 1. The minimum absolute atomic E-state index is 0. The fraction of sp³-hybridized carbons (Fsp3) is 0.385. The first kappa shape index (κ1) is 24.1. The van der Waals surface area contributed by atoms with Crippen LogP contribution in [0.2, 0.25) is 0 Å². The van der Waals surface area contributed by atoms with Crippen LogP contribution in [0.1, 0.15) is 45.6 Å². The molecule has 3 aromatic heterocycles. The van der Waals surface area contributed by atoms with Crippen molar-refractivity contribution in [3.63, 3.8) is 0 Å². The number of hydrogen-bond donors (Lipinski definition) is 1. The van der Waals surface area contributed by atoms with Crippen molar-refractivity contribution in [1.82, 2.24) is 29.5 Å². The van der Waals surface area contributed by atoms with Crippen molar-refractivity contribution < 1.29 is 14.9 Å². The molecule has 0 aliphatic carbocycles. The molecule has 36 heavy (non-hydrogen) atoms. The Kier molecular flexibility index (Phi) is 7.31. The lowest BCUT2D eigenvalue weighted by Crippen LogP contribution is -2.29. The van der Waals surface area contributed by atoms with Crippen LogP contribution in [0.4, 0.5) is 14.6 Å². The minimum atomic E-state index is -0.620. The summed E-state index contributed by atoms with van der Waals surface area (Å²) in [6, 6.07) is 6.84. The monoisotopic (exact) mass is 495 g/mol. The van der Waals surface area contributed by atoms with Gasteiger partial charge in [-0.15, -0.1) is 0 Å². The molecule has 190 valence electrons. The van der Waals surface area contributed by atoms with Crippen molar-refractivity contribution in [2.45, 2.75) is 38.6 Å². The third kappa shape index (κ3) is 5.59. The van der Waals surface area contributed by atoms with E-state index in [0.717, 1.165) is 31.3 Å². The number of rotatable bonds is 8. The number of fused-ring (bicyclic) bond motifs is 1. The van der Waals surface area contributed by atoms with Crippen LogP contribution in [0.15, 0.2) is 48.9 Å². The Hall–Kier alpha value is -3.66. The smallest absolute Gasteiger partial charge is 0.318 e. The van der Waals surface area contributed by atoms with Gasteiger partial charge in [-0.2, -0.15) is 15.1 Å². The van der Waals surface area contributed by atoms with E-state index >= 15 is 0 Å². The molecule has 0 bridgehead atoms. The molecule has 0 radical (unpaired) electrons. The van der Waals surface area contributed by atoms with Crippen molar-refractivity contribution in [3.8, 4) is 17.3 Å². The maximum Gasteiger partial charge on any atom is 0.318 e. The zero-order valence-electron chi connectivity index (χ0n) is 20.2. The Bertz CT molecular complexity index is 1330. The molecule has 10 heteroatoms. The van der Waals surface area contributed by atoms with Crippen LogP contribution in [0.3, 0.4) is 0 Å². The summed E-state index contributed by atoms with van der Waals surface area (Å²) in [5.74, 6) is -0.783. The zero-order valence-corrected chi connectivity index (χ0v) is 20.2. The average molecular weight is 496 g/mol. The predicted octanol–water partition coefficient (Wildman–Crippen LogP) is 5.14. The van der Waals surface area contributed by atoms with Crippen LogP contribution in [0, 0.1) is 11.6 Å². The van der Waals surface area contributed by atoms with Gasteiger partial charge < -0.3 is 10.1 Å². The topological polar surface area (TPSA) is 80.5 Å². The maximum atomic E-state index is 14.4. The number of aromatic nitrogens is 5. The Morgan fingerprint density at radius 3 is 2.75 bits per heavy atom. The van der Waals surface area contributed by atoms with Crippen LogP contribution in [-0.2, 0) is 0 Å². The summed E-state index contributed by atoms with van der Waals surface area (Å²) in [5.41, 5.74) is 2.28. The molecule has 0 saturated carbocycles. The van der Waals surface area contributed by atoms with Gasteiger partial charge in [0, 0.05) is 38.1 Å². The summed E-state index contributed by atoms with van der Waals surface area (Å²) in [6.07, 6.45) is 10.2. The van der Waals surface area contributed by atoms with Crippen molar-refractivity contribution >= 4 is 11.5 Å². The van der Waals surface area contributed by atoms with Gasteiger partial charge in [0.2, 0.25) is 0 Å². The Labute approximate surface area is 209 Å². The zero-order chi connectivity index (χ0) is 24.9. The van der Waals surface area contributed by atoms with Crippen molar-refractivity contribution in [1.29, 1.82) is 0 Å². The van der Waals surface area contributed by atoms with E-state index in [4.69, 9.17) is 4.74 Å². The quantitative estimate of drug-likeness (QED) is 0.363. The van der Waals surface area contributed by atoms with E-state index in [1.165, 1.54) is 37.8 Å². The van der Waals surface area contributed by atoms with Crippen molar-refractivity contribution in [2.75, 3.05) is 31.6 Å². The largest absolute Gasteiger partial charge is 0.462 e. The molecule has 0 amide bonds. The first-order valence-corrected chi connectivity index (χ1v) is 12.3. The van der Waals surface area contributed by atoms with E-state index in [1.54, 1.807) is 36.0 Å². The number of benzene rings is 1. The summed E-state index contributed by atoms with van der Waals surface area (Å²) in [6.45, 7) is 5.19. The van der Waals surface area contributed by atoms with Crippen LogP contribution in [0.25, 0.3) is 16.9 Å². The molecule has 4 aromatic rings. The summed E-state index contributed by atoms with van der Waals surface area (Å²) in [7, 11) is 0. The SMILES string of the molecule is C[C@H](Nc1cc(-c2cnn3cccnc23)nc(OCCN2CCCCCC2)n1)c1ccc(F)cc1F.[HH]. The molecule has 0 spiro atoms. The number of nitrogens with zero attached hydrogens (tertiary/aromatic N) is 6. The summed E-state index contributed by atoms with van der Waals surface area (Å²) < 4.78 is 35.4. The second-order valence-corrected chi connectivity index (χ2v) is 9.00. The number of likely N-dealkylation sites (tertiary alicyclic amines) is 1. The first-order chi connectivity index (χ1) is 17.6. The van der Waals surface area contributed by atoms with Crippen molar-refractivity contribution in [2.24, 2.45) is 0 Å². The molecule has 1 atom stereocenters. The second-order valence-electron chi connectivity index (χ2n) is 9.00. The molecule has 0 unspecified atom stereocenters. The van der Waals surface area contributed by atoms with Gasteiger partial charge in [0.15, 0.2) is 5.65 Å². The van der Waals surface area contributed by atoms with E-state index in [9.17, 15) is 8.78 Å². The molecule has 1 aliphatic rings. The molecule has 1 N–H and O–H groups in total. The highest BCUT2D eigenvalue weighted by Gasteiger charge is 2.17. The van der Waals surface area contributed by atoms with Crippen LogP contribution in [0.5, 0.6) is 6.01 Å². The van der Waals surface area contributed by atoms with Crippen molar-refractivity contribution in [3.05, 3.63) is 66.1 Å². The normalized spacial score (nSPS) is 15.5. The molecule has 1 fully saturated rings. The Morgan fingerprint density at radius 2 is 1.94 bits per heavy atom. The van der Waals surface area contributed by atoms with Gasteiger partial charge in [-0.25, -0.2) is 18.3 Å². The molecular weight excluding hydrogens is 464 g/mol. The lowest BCUT2D eigenvalue weighted by molar-refractivity contribution is 0.205. The van der Waals surface area contributed by atoms with Gasteiger partial charge in [0.05, 0.1) is 23.5 Å². The Morgan fingerprint density at radius 1 is 1.11 bits per heavy atom. The molecule has 1 saturated heterocycles. The first-order valence-electron chi connectivity index (χ1n) is 12.3. The highest BCUT2D eigenvalue weighted by atomic mass is 19.1. The summed E-state index contributed by atoms with van der Waals surface area (Å²) >= 11 is 0. The fourth-order valence-electron chi connectivity index (χ4n) is 4.49. The molecule has 1 aromatic carbocycles. The van der Waals surface area contributed by atoms with E-state index < -0.39 is 17.7 Å². The number of halogens is 2. The standard InChI is InChI=1S/C26H29F2N7O.H2/c1-18(20-8-7-19(27)15-22(20)28)31-24-16-23(21-17-30-35-12-6-9-29-25(21)35)32-26(33-24)36-14-13-34-10-4-2-3-5-11-34;/h6-9,12,15-18H,2-5,10-11,13-14H2,1H3,(H,31,32,33);1H/t18-;/m0./s1. The van der Waals surface area contributed by atoms with Crippen LogP contribution < -0.4 is 10.1 Å². The van der Waals surface area contributed by atoms with Crippen LogP contribution >= 0.6 is 0 Å². The molecule has 5 rings (SSSR count). The van der Waals surface area contributed by atoms with Gasteiger partial charge in [0.1, 0.15) is 24.1 Å². The van der Waals surface area contributed by atoms with E-state index in [1.807, 2.05) is 6.20 Å².